The summed E-state index contributed by atoms with van der Waals surface area (Å²) in [5.41, 5.74) is 2.59. The fourth-order valence-corrected chi connectivity index (χ4v) is 3.34. The summed E-state index contributed by atoms with van der Waals surface area (Å²) in [5.74, 6) is -0.424. The van der Waals surface area contributed by atoms with Gasteiger partial charge in [0, 0.05) is 36.6 Å². The zero-order valence-electron chi connectivity index (χ0n) is 18.4. The minimum absolute atomic E-state index is 0.00418. The molecule has 3 aromatic rings. The first-order valence-corrected chi connectivity index (χ1v) is 10.7. The van der Waals surface area contributed by atoms with Crippen LogP contribution in [0.3, 0.4) is 0 Å². The van der Waals surface area contributed by atoms with E-state index in [1.54, 1.807) is 60.7 Å². The Hall–Kier alpha value is -3.77. The number of carbonyl (C=O) groups excluding carboxylic acids is 2. The van der Waals surface area contributed by atoms with E-state index in [1.807, 2.05) is 18.2 Å². The molecule has 1 N–H and O–H groups in total. The summed E-state index contributed by atoms with van der Waals surface area (Å²) in [6, 6.07) is 23.0. The largest absolute Gasteiger partial charge is 0.494 e. The van der Waals surface area contributed by atoms with Crippen molar-refractivity contribution >= 4 is 17.5 Å². The molecule has 0 aliphatic heterocycles. The lowest BCUT2D eigenvalue weighted by atomic mass is 10.0. The topological polar surface area (TPSA) is 89.9 Å². The van der Waals surface area contributed by atoms with Crippen molar-refractivity contribution in [3.05, 3.63) is 101 Å². The lowest BCUT2D eigenvalue weighted by Gasteiger charge is -2.10. The molecule has 0 spiro atoms. The highest BCUT2D eigenvalue weighted by Crippen LogP contribution is 2.16. The molecule has 170 valence electrons. The Labute approximate surface area is 192 Å². The first kappa shape index (κ1) is 23.9. The van der Waals surface area contributed by atoms with E-state index in [1.165, 1.54) is 7.11 Å². The second-order valence-corrected chi connectivity index (χ2v) is 7.56. The van der Waals surface area contributed by atoms with Crippen LogP contribution in [0.2, 0.25) is 0 Å². The molecule has 0 radical (unpaired) electrons. The summed E-state index contributed by atoms with van der Waals surface area (Å²) >= 11 is 0. The summed E-state index contributed by atoms with van der Waals surface area (Å²) < 4.78 is 10.6. The van der Waals surface area contributed by atoms with Gasteiger partial charge in [-0.2, -0.15) is 0 Å². The number of ketones is 2. The minimum atomic E-state index is -1.02. The van der Waals surface area contributed by atoms with Crippen LogP contribution in [-0.2, 0) is 16.0 Å². The quantitative estimate of drug-likeness (QED) is 0.323. The summed E-state index contributed by atoms with van der Waals surface area (Å²) in [7, 11) is 1.36. The van der Waals surface area contributed by atoms with Crippen molar-refractivity contribution in [2.75, 3.05) is 13.7 Å². The highest BCUT2D eigenvalue weighted by Gasteiger charge is 2.17. The third-order valence-electron chi connectivity index (χ3n) is 5.23. The number of rotatable bonds is 12. The van der Waals surface area contributed by atoms with Gasteiger partial charge in [0.1, 0.15) is 5.75 Å². The third kappa shape index (κ3) is 6.85. The smallest absolute Gasteiger partial charge is 0.333 e. The number of carbonyl (C=O) groups is 3. The molecular weight excluding hydrogens is 420 g/mol. The van der Waals surface area contributed by atoms with Gasteiger partial charge in [0.2, 0.25) is 0 Å². The maximum Gasteiger partial charge on any atom is 0.333 e. The fourth-order valence-electron chi connectivity index (χ4n) is 3.34. The Balaban J connectivity index is 1.43. The van der Waals surface area contributed by atoms with Gasteiger partial charge < -0.3 is 14.6 Å². The molecular formula is C27H26O6. The number of methoxy groups -OCH3 is 1. The van der Waals surface area contributed by atoms with Gasteiger partial charge in [-0.15, -0.1) is 0 Å². The molecule has 0 unspecified atom stereocenters. The van der Waals surface area contributed by atoms with Crippen LogP contribution in [0, 0.1) is 0 Å². The van der Waals surface area contributed by atoms with Crippen molar-refractivity contribution in [2.24, 2.45) is 0 Å². The summed E-state index contributed by atoms with van der Waals surface area (Å²) in [5, 5.41) is 9.06. The monoisotopic (exact) mass is 446 g/mol. The zero-order valence-corrected chi connectivity index (χ0v) is 18.4. The SMILES string of the molecule is CO[C@@H](Cc1ccc(C(=O)CCCOc2ccc(C(=O)c3ccccc3)cc2)cc1)C(=O)O. The summed E-state index contributed by atoms with van der Waals surface area (Å²) in [6.07, 6.45) is 0.217. The molecule has 1 atom stereocenters. The zero-order chi connectivity index (χ0) is 23.6. The van der Waals surface area contributed by atoms with Crippen molar-refractivity contribution in [3.63, 3.8) is 0 Å². The number of Topliss-reactive ketones (excluding diaryl/α,β-unsaturated/α-hetero) is 1. The number of hydrogen-bond acceptors (Lipinski definition) is 5. The maximum atomic E-state index is 12.4. The first-order chi connectivity index (χ1) is 16.0. The minimum Gasteiger partial charge on any atom is -0.494 e. The number of carboxylic acids is 1. The van der Waals surface area contributed by atoms with E-state index in [0.29, 0.717) is 41.9 Å². The van der Waals surface area contributed by atoms with Crippen LogP contribution in [0.1, 0.15) is 44.7 Å². The van der Waals surface area contributed by atoms with E-state index in [4.69, 9.17) is 14.6 Å². The standard InChI is InChI=1S/C27H26O6/c1-32-25(27(30)31)18-19-9-11-20(12-10-19)24(28)8-5-17-33-23-15-13-22(14-16-23)26(29)21-6-3-2-4-7-21/h2-4,6-7,9-16,25H,5,8,17-18H2,1H3,(H,30,31)/t25-/m0/s1. The van der Waals surface area contributed by atoms with Crippen LogP contribution in [-0.4, -0.2) is 42.5 Å². The number of aliphatic carboxylic acids is 1. The molecule has 0 aliphatic carbocycles. The highest BCUT2D eigenvalue weighted by molar-refractivity contribution is 6.09. The molecule has 6 heteroatoms. The Morgan fingerprint density at radius 1 is 0.818 bits per heavy atom. The van der Waals surface area contributed by atoms with Crippen LogP contribution < -0.4 is 4.74 Å². The van der Waals surface area contributed by atoms with Gasteiger partial charge in [-0.05, 0) is 36.2 Å². The molecule has 0 fully saturated rings. The van der Waals surface area contributed by atoms with E-state index >= 15 is 0 Å². The van der Waals surface area contributed by atoms with Crippen LogP contribution in [0.5, 0.6) is 5.75 Å². The molecule has 0 amide bonds. The van der Waals surface area contributed by atoms with Crippen LogP contribution >= 0.6 is 0 Å². The van der Waals surface area contributed by atoms with E-state index in [-0.39, 0.29) is 18.0 Å². The van der Waals surface area contributed by atoms with Crippen molar-refractivity contribution in [1.82, 2.24) is 0 Å². The summed E-state index contributed by atoms with van der Waals surface area (Å²) in [4.78, 5) is 35.9. The average Bonchev–Trinajstić information content (AvgIpc) is 2.85. The Bertz CT molecular complexity index is 1070. The molecule has 0 saturated carbocycles. The van der Waals surface area contributed by atoms with Crippen molar-refractivity contribution in [1.29, 1.82) is 0 Å². The van der Waals surface area contributed by atoms with E-state index in [0.717, 1.165) is 5.56 Å². The molecule has 0 aliphatic rings. The molecule has 6 nitrogen and oxygen atoms in total. The Morgan fingerprint density at radius 2 is 1.42 bits per heavy atom. The van der Waals surface area contributed by atoms with Crippen molar-refractivity contribution in [2.45, 2.75) is 25.4 Å². The van der Waals surface area contributed by atoms with Gasteiger partial charge in [-0.3, -0.25) is 9.59 Å². The maximum absolute atomic E-state index is 12.4. The van der Waals surface area contributed by atoms with E-state index in [2.05, 4.69) is 0 Å². The second kappa shape index (κ2) is 11.7. The van der Waals surface area contributed by atoms with Crippen LogP contribution in [0.4, 0.5) is 0 Å². The lowest BCUT2D eigenvalue weighted by molar-refractivity contribution is -0.148. The van der Waals surface area contributed by atoms with Crippen LogP contribution in [0.25, 0.3) is 0 Å². The first-order valence-electron chi connectivity index (χ1n) is 10.7. The Kier molecular flexibility index (Phi) is 8.49. The van der Waals surface area contributed by atoms with E-state index < -0.39 is 12.1 Å². The molecule has 0 heterocycles. The average molecular weight is 446 g/mol. The second-order valence-electron chi connectivity index (χ2n) is 7.56. The lowest BCUT2D eigenvalue weighted by Crippen LogP contribution is -2.24. The third-order valence-corrected chi connectivity index (χ3v) is 5.23. The van der Waals surface area contributed by atoms with Gasteiger partial charge in [-0.25, -0.2) is 4.79 Å². The van der Waals surface area contributed by atoms with Gasteiger partial charge in [0.05, 0.1) is 6.61 Å². The number of carboxylic acid groups (broad SMARTS) is 1. The number of benzene rings is 3. The van der Waals surface area contributed by atoms with Gasteiger partial charge in [0.15, 0.2) is 17.7 Å². The van der Waals surface area contributed by atoms with Gasteiger partial charge in [0.25, 0.3) is 0 Å². The van der Waals surface area contributed by atoms with Gasteiger partial charge in [-0.1, -0.05) is 54.6 Å². The van der Waals surface area contributed by atoms with Crippen molar-refractivity contribution in [3.8, 4) is 5.75 Å². The number of ether oxygens (including phenoxy) is 2. The molecule has 33 heavy (non-hydrogen) atoms. The fraction of sp³-hybridized carbons (Fsp3) is 0.222. The normalized spacial score (nSPS) is 11.5. The summed E-state index contributed by atoms with van der Waals surface area (Å²) in [6.45, 7) is 0.379. The highest BCUT2D eigenvalue weighted by atomic mass is 16.5. The van der Waals surface area contributed by atoms with Gasteiger partial charge >= 0.3 is 5.97 Å². The predicted molar refractivity (Wildman–Crippen MR) is 124 cm³/mol. The van der Waals surface area contributed by atoms with Crippen molar-refractivity contribution < 1.29 is 29.0 Å². The Morgan fingerprint density at radius 3 is 2.03 bits per heavy atom. The molecule has 0 saturated heterocycles. The number of hydrogen-bond donors (Lipinski definition) is 1. The molecule has 3 aromatic carbocycles. The van der Waals surface area contributed by atoms with Crippen LogP contribution in [0.15, 0.2) is 78.9 Å². The molecule has 3 rings (SSSR count). The molecule has 0 bridgehead atoms. The molecule has 0 aromatic heterocycles. The predicted octanol–water partition coefficient (Wildman–Crippen LogP) is 4.60. The van der Waals surface area contributed by atoms with E-state index in [9.17, 15) is 14.4 Å².